The maximum Gasteiger partial charge on any atom is 0.316 e. The zero-order valence-corrected chi connectivity index (χ0v) is 27.1. The molecule has 1 N–H and O–H groups in total. The highest BCUT2D eigenvalue weighted by Crippen LogP contribution is 2.36. The van der Waals surface area contributed by atoms with Gasteiger partial charge in [-0.2, -0.15) is 13.5 Å². The van der Waals surface area contributed by atoms with E-state index in [0.29, 0.717) is 25.1 Å². The first-order valence-corrected chi connectivity index (χ1v) is 16.5. The van der Waals surface area contributed by atoms with Crippen LogP contribution in [0.3, 0.4) is 0 Å². The van der Waals surface area contributed by atoms with Gasteiger partial charge in [-0.3, -0.25) is 4.79 Å². The van der Waals surface area contributed by atoms with Crippen molar-refractivity contribution < 1.29 is 22.7 Å². The van der Waals surface area contributed by atoms with Gasteiger partial charge in [0, 0.05) is 32.2 Å². The molecule has 1 aliphatic heterocycles. The van der Waals surface area contributed by atoms with Crippen molar-refractivity contribution in [2.24, 2.45) is 0 Å². The second-order valence-electron chi connectivity index (χ2n) is 10.5. The molecule has 0 bridgehead atoms. The second-order valence-corrected chi connectivity index (χ2v) is 12.5. The minimum absolute atomic E-state index is 0. The molecule has 9 nitrogen and oxygen atoms in total. The van der Waals surface area contributed by atoms with E-state index in [4.69, 9.17) is 9.47 Å². The number of nitrogens with zero attached hydrogens (tertiary/aromatic N) is 3. The van der Waals surface area contributed by atoms with E-state index in [0.717, 1.165) is 61.6 Å². The fraction of sp³-hybridized carbons (Fsp3) is 0.469. The minimum Gasteiger partial charge on any atom is -0.464 e. The lowest BCUT2D eigenvalue weighted by atomic mass is 9.90. The molecule has 0 amide bonds. The van der Waals surface area contributed by atoms with Gasteiger partial charge in [0.1, 0.15) is 11.5 Å². The largest absolute Gasteiger partial charge is 0.464 e. The highest BCUT2D eigenvalue weighted by atomic mass is 32.2. The van der Waals surface area contributed by atoms with Gasteiger partial charge in [0.25, 0.3) is 0 Å². The first kappa shape index (κ1) is 34.3. The molecule has 1 aliphatic rings. The standard InChI is InChI=1S/C32H42N4O5S.H2S/c1-4-24(12-14-28(37)23-42(38,39)29-10-8-7-9-11-29)25-13-15-31(36(5-2)27-16-18-40-19-17-27)30(20-25)35-26-21-33-32(34-22-26)41-6-3;/h7-11,13,15,20-22,24,27,35H,4-6,12,14,16-19,23H2,1-3H3;1H2/t24-;/m1./s1. The lowest BCUT2D eigenvalue weighted by molar-refractivity contribution is -0.116. The zero-order valence-electron chi connectivity index (χ0n) is 25.3. The van der Waals surface area contributed by atoms with E-state index in [1.807, 2.05) is 6.92 Å². The first-order chi connectivity index (χ1) is 20.3. The van der Waals surface area contributed by atoms with Crippen LogP contribution in [0, 0.1) is 0 Å². The molecule has 2 heterocycles. The topological polar surface area (TPSA) is 111 Å². The number of carbonyl (C=O) groups is 1. The van der Waals surface area contributed by atoms with E-state index in [-0.39, 0.29) is 36.5 Å². The van der Waals surface area contributed by atoms with Crippen molar-refractivity contribution in [1.82, 2.24) is 9.97 Å². The molecule has 1 fully saturated rings. The summed E-state index contributed by atoms with van der Waals surface area (Å²) in [6, 6.07) is 15.3. The Hall–Kier alpha value is -3.15. The molecular formula is C32H44N4O5S2. The van der Waals surface area contributed by atoms with Crippen molar-refractivity contribution in [1.29, 1.82) is 0 Å². The monoisotopic (exact) mass is 628 g/mol. The van der Waals surface area contributed by atoms with Crippen LogP contribution < -0.4 is 15.0 Å². The average molecular weight is 629 g/mol. The minimum atomic E-state index is -3.65. The van der Waals surface area contributed by atoms with Crippen molar-refractivity contribution >= 4 is 46.2 Å². The molecule has 234 valence electrons. The number of anilines is 3. The first-order valence-electron chi connectivity index (χ1n) is 14.8. The van der Waals surface area contributed by atoms with Crippen LogP contribution in [-0.2, 0) is 19.4 Å². The van der Waals surface area contributed by atoms with Crippen molar-refractivity contribution in [2.45, 2.75) is 69.7 Å². The molecule has 0 aliphatic carbocycles. The Balaban J connectivity index is 0.00000506. The van der Waals surface area contributed by atoms with Crippen LogP contribution in [0.4, 0.5) is 17.1 Å². The van der Waals surface area contributed by atoms with Gasteiger partial charge < -0.3 is 19.7 Å². The molecule has 0 saturated carbocycles. The van der Waals surface area contributed by atoms with Gasteiger partial charge in [0.15, 0.2) is 9.84 Å². The second kappa shape index (κ2) is 16.6. The van der Waals surface area contributed by atoms with Crippen molar-refractivity contribution in [3.05, 3.63) is 66.5 Å². The average Bonchev–Trinajstić information content (AvgIpc) is 3.00. The maximum atomic E-state index is 12.8. The third-order valence-electron chi connectivity index (χ3n) is 7.67. The van der Waals surface area contributed by atoms with Gasteiger partial charge >= 0.3 is 6.01 Å². The maximum absolute atomic E-state index is 12.8. The Morgan fingerprint density at radius 1 is 1.07 bits per heavy atom. The number of hydrogen-bond donors (Lipinski definition) is 1. The summed E-state index contributed by atoms with van der Waals surface area (Å²) in [5, 5.41) is 3.53. The summed E-state index contributed by atoms with van der Waals surface area (Å²) in [5.74, 6) is -0.652. The van der Waals surface area contributed by atoms with E-state index in [2.05, 4.69) is 52.2 Å². The molecule has 43 heavy (non-hydrogen) atoms. The molecule has 3 aromatic rings. The van der Waals surface area contributed by atoms with Crippen molar-refractivity contribution in [3.63, 3.8) is 0 Å². The Kier molecular flexibility index (Phi) is 13.3. The molecule has 0 spiro atoms. The van der Waals surface area contributed by atoms with Crippen LogP contribution in [0.1, 0.15) is 64.4 Å². The molecule has 0 unspecified atom stereocenters. The number of rotatable bonds is 15. The summed E-state index contributed by atoms with van der Waals surface area (Å²) in [6.07, 6.45) is 6.94. The zero-order chi connectivity index (χ0) is 30.0. The summed E-state index contributed by atoms with van der Waals surface area (Å²) in [4.78, 5) is 24.0. The number of benzene rings is 2. The summed E-state index contributed by atoms with van der Waals surface area (Å²) >= 11 is 0. The smallest absolute Gasteiger partial charge is 0.316 e. The fourth-order valence-corrected chi connectivity index (χ4v) is 6.76. The van der Waals surface area contributed by atoms with E-state index >= 15 is 0 Å². The summed E-state index contributed by atoms with van der Waals surface area (Å²) in [6.45, 7) is 8.99. The van der Waals surface area contributed by atoms with Crippen LogP contribution in [0.5, 0.6) is 6.01 Å². The Labute approximate surface area is 262 Å². The number of aromatic nitrogens is 2. The van der Waals surface area contributed by atoms with Gasteiger partial charge in [0.05, 0.1) is 41.0 Å². The number of ether oxygens (including phenoxy) is 2. The van der Waals surface area contributed by atoms with Gasteiger partial charge in [-0.1, -0.05) is 31.2 Å². The molecule has 4 rings (SSSR count). The molecule has 11 heteroatoms. The van der Waals surface area contributed by atoms with E-state index in [1.54, 1.807) is 30.6 Å². The van der Waals surface area contributed by atoms with Crippen molar-refractivity contribution in [2.75, 3.05) is 42.3 Å². The van der Waals surface area contributed by atoms with E-state index < -0.39 is 15.6 Å². The third kappa shape index (κ3) is 9.42. The molecule has 1 saturated heterocycles. The van der Waals surface area contributed by atoms with E-state index in [1.165, 1.54) is 12.1 Å². The molecule has 0 radical (unpaired) electrons. The molecule has 2 aromatic carbocycles. The van der Waals surface area contributed by atoms with Crippen molar-refractivity contribution in [3.8, 4) is 6.01 Å². The predicted octanol–water partition coefficient (Wildman–Crippen LogP) is 6.05. The quantitative estimate of drug-likeness (QED) is 0.215. The number of Topliss-reactive ketones (excluding diaryl/α,β-unsaturated/α-hetero) is 1. The normalized spacial score (nSPS) is 14.4. The van der Waals surface area contributed by atoms with Crippen LogP contribution in [0.15, 0.2) is 65.8 Å². The molecular weight excluding hydrogens is 585 g/mol. The van der Waals surface area contributed by atoms with Crippen LogP contribution in [0.25, 0.3) is 0 Å². The lowest BCUT2D eigenvalue weighted by Crippen LogP contribution is -2.39. The summed E-state index contributed by atoms with van der Waals surface area (Å²) in [7, 11) is -3.65. The van der Waals surface area contributed by atoms with Gasteiger partial charge in [-0.05, 0) is 75.3 Å². The predicted molar refractivity (Wildman–Crippen MR) is 176 cm³/mol. The highest BCUT2D eigenvalue weighted by molar-refractivity contribution is 7.92. The van der Waals surface area contributed by atoms with Crippen LogP contribution in [0.2, 0.25) is 0 Å². The number of sulfone groups is 1. The molecule has 1 aromatic heterocycles. The Morgan fingerprint density at radius 3 is 2.40 bits per heavy atom. The SMILES string of the molecule is CCOc1ncc(Nc2cc([C@H](CC)CCC(=O)CS(=O)(=O)c3ccccc3)ccc2N(CC)C2CCOCC2)cn1.S. The Bertz CT molecular complexity index is 1400. The van der Waals surface area contributed by atoms with Crippen LogP contribution >= 0.6 is 13.5 Å². The van der Waals surface area contributed by atoms with Gasteiger partial charge in [-0.15, -0.1) is 0 Å². The lowest BCUT2D eigenvalue weighted by Gasteiger charge is -2.37. The Morgan fingerprint density at radius 2 is 1.77 bits per heavy atom. The number of ketones is 1. The number of hydrogen-bond acceptors (Lipinski definition) is 9. The number of carbonyl (C=O) groups excluding carboxylic acids is 1. The fourth-order valence-electron chi connectivity index (χ4n) is 5.46. The third-order valence-corrected chi connectivity index (χ3v) is 9.36. The van der Waals surface area contributed by atoms with Gasteiger partial charge in [0.2, 0.25) is 0 Å². The number of nitrogens with one attached hydrogen (secondary N) is 1. The molecule has 1 atom stereocenters. The summed E-state index contributed by atoms with van der Waals surface area (Å²) in [5.41, 5.74) is 3.86. The van der Waals surface area contributed by atoms with Gasteiger partial charge in [-0.25, -0.2) is 18.4 Å². The highest BCUT2D eigenvalue weighted by Gasteiger charge is 2.25. The van der Waals surface area contributed by atoms with Crippen LogP contribution in [-0.4, -0.2) is 62.3 Å². The summed E-state index contributed by atoms with van der Waals surface area (Å²) < 4.78 is 36.4. The van der Waals surface area contributed by atoms with E-state index in [9.17, 15) is 13.2 Å².